The zero-order valence-corrected chi connectivity index (χ0v) is 22.1. The maximum absolute atomic E-state index is 5.14. The van der Waals surface area contributed by atoms with Crippen LogP contribution in [0.25, 0.3) is 44.2 Å². The lowest BCUT2D eigenvalue weighted by atomic mass is 9.59. The van der Waals surface area contributed by atoms with Crippen LogP contribution in [0.15, 0.2) is 140 Å². The molecule has 41 heavy (non-hydrogen) atoms. The van der Waals surface area contributed by atoms with Crippen molar-refractivity contribution in [3.63, 3.8) is 0 Å². The van der Waals surface area contributed by atoms with E-state index >= 15 is 0 Å². The number of nitrogens with zero attached hydrogens (tertiary/aromatic N) is 4. The van der Waals surface area contributed by atoms with Gasteiger partial charge in [0.15, 0.2) is 0 Å². The van der Waals surface area contributed by atoms with Crippen LogP contribution in [0.2, 0.25) is 0 Å². The Kier molecular flexibility index (Phi) is 4.67. The Hall–Kier alpha value is -5.42. The van der Waals surface area contributed by atoms with Crippen LogP contribution in [0.3, 0.4) is 0 Å². The van der Waals surface area contributed by atoms with Gasteiger partial charge in [0.1, 0.15) is 0 Å². The first-order valence-electron chi connectivity index (χ1n) is 14.0. The van der Waals surface area contributed by atoms with E-state index in [2.05, 4.69) is 142 Å². The van der Waals surface area contributed by atoms with E-state index in [9.17, 15) is 0 Å². The first-order chi connectivity index (χ1) is 20.3. The molecule has 2 aliphatic heterocycles. The fourth-order valence-corrected chi connectivity index (χ4v) is 6.65. The van der Waals surface area contributed by atoms with Crippen LogP contribution in [-0.4, -0.2) is 17.0 Å². The minimum atomic E-state index is 0.00598. The lowest BCUT2D eigenvalue weighted by Crippen LogP contribution is -2.55. The molecule has 7 aromatic rings. The van der Waals surface area contributed by atoms with Gasteiger partial charge >= 0.3 is 6.98 Å². The first kappa shape index (κ1) is 22.4. The zero-order valence-electron chi connectivity index (χ0n) is 22.1. The average molecular weight is 522 g/mol. The second kappa shape index (κ2) is 8.54. The highest BCUT2D eigenvalue weighted by atomic mass is 15.3. The fourth-order valence-electron chi connectivity index (χ4n) is 6.65. The van der Waals surface area contributed by atoms with Crippen molar-refractivity contribution in [2.24, 2.45) is 0 Å². The molecule has 0 bridgehead atoms. The molecule has 9 rings (SSSR count). The molecule has 0 radical (unpaired) electrons. The predicted octanol–water partition coefficient (Wildman–Crippen LogP) is 8.12. The van der Waals surface area contributed by atoms with Crippen LogP contribution in [0, 0.1) is 0 Å². The normalized spacial score (nSPS) is 13.2. The molecule has 0 aliphatic carbocycles. The Balaban J connectivity index is 1.23. The number of hydrogen-bond acceptors (Lipinski definition) is 4. The molecule has 5 aromatic carbocycles. The molecule has 190 valence electrons. The average Bonchev–Trinajstić information content (AvgIpc) is 3.40. The smallest absolute Gasteiger partial charge is 0.360 e. The monoisotopic (exact) mass is 522 g/mol. The molecule has 2 aliphatic rings. The van der Waals surface area contributed by atoms with E-state index in [4.69, 9.17) is 4.98 Å². The molecule has 4 nitrogen and oxygen atoms in total. The minimum absolute atomic E-state index is 0.00598. The Morgan fingerprint density at radius 2 is 1.22 bits per heavy atom. The molecule has 0 fully saturated rings. The summed E-state index contributed by atoms with van der Waals surface area (Å²) >= 11 is 0. The molecule has 0 atom stereocenters. The molecule has 0 spiro atoms. The summed E-state index contributed by atoms with van der Waals surface area (Å²) in [6.07, 6.45) is 1.84. The highest BCUT2D eigenvalue weighted by molar-refractivity contribution is 6.86. The number of rotatable bonds is 2. The SMILES string of the molecule is c1cc(-c2ccc3ccc4cccnc4c3n2)cc(N2B3c4ccccc4-c4ccccc4N3c3ccccc32)c1. The standard InChI is InChI=1S/C36H23BN4/c1-3-14-30-28(12-1)29-13-2-4-15-32(29)41-34-17-6-5-16-33(34)40(37(30)41)27-11-7-9-26(23-27)31-21-20-25-19-18-24-10-8-22-38-35(24)36(25)39-31/h1-23H. The molecule has 0 saturated carbocycles. The number of hydrogen-bond donors (Lipinski definition) is 0. The van der Waals surface area contributed by atoms with Gasteiger partial charge in [0.05, 0.1) is 28.1 Å². The minimum Gasteiger partial charge on any atom is -0.360 e. The fraction of sp³-hybridized carbons (Fsp3) is 0. The summed E-state index contributed by atoms with van der Waals surface area (Å²) in [4.78, 5) is 14.8. The van der Waals surface area contributed by atoms with Gasteiger partial charge in [-0.1, -0.05) is 91.0 Å². The number of para-hydroxylation sites is 3. The quantitative estimate of drug-likeness (QED) is 0.170. The van der Waals surface area contributed by atoms with Crippen LogP contribution in [0.1, 0.15) is 0 Å². The van der Waals surface area contributed by atoms with Gasteiger partial charge in [-0.3, -0.25) is 4.98 Å². The van der Waals surface area contributed by atoms with Crippen LogP contribution in [-0.2, 0) is 0 Å². The molecule has 2 aromatic heterocycles. The Labute approximate surface area is 238 Å². The Morgan fingerprint density at radius 1 is 0.512 bits per heavy atom. The van der Waals surface area contributed by atoms with Crippen molar-refractivity contribution in [1.82, 2.24) is 9.97 Å². The molecule has 0 N–H and O–H groups in total. The number of pyridine rings is 2. The molecule has 4 heterocycles. The maximum atomic E-state index is 5.14. The number of anilines is 4. The first-order valence-corrected chi connectivity index (χ1v) is 14.0. The molecular formula is C36H23BN4. The largest absolute Gasteiger partial charge is 0.421 e. The Bertz CT molecular complexity index is 2160. The van der Waals surface area contributed by atoms with Gasteiger partial charge in [0.25, 0.3) is 0 Å². The number of fused-ring (bicyclic) bond motifs is 11. The van der Waals surface area contributed by atoms with Crippen LogP contribution < -0.4 is 15.1 Å². The second-order valence-corrected chi connectivity index (χ2v) is 10.7. The summed E-state index contributed by atoms with van der Waals surface area (Å²) in [6, 6.07) is 47.7. The molecular weight excluding hydrogens is 499 g/mol. The van der Waals surface area contributed by atoms with E-state index in [1.807, 2.05) is 12.3 Å². The summed E-state index contributed by atoms with van der Waals surface area (Å²) in [5, 5.41) is 2.20. The maximum Gasteiger partial charge on any atom is 0.421 e. The van der Waals surface area contributed by atoms with E-state index in [1.54, 1.807) is 0 Å². The highest BCUT2D eigenvalue weighted by Crippen LogP contribution is 2.50. The van der Waals surface area contributed by atoms with Crippen LogP contribution >= 0.6 is 0 Å². The number of aromatic nitrogens is 2. The van der Waals surface area contributed by atoms with Gasteiger partial charge in [-0.2, -0.15) is 0 Å². The lowest BCUT2D eigenvalue weighted by molar-refractivity contribution is 1.35. The lowest BCUT2D eigenvalue weighted by Gasteiger charge is -2.36. The van der Waals surface area contributed by atoms with Crippen molar-refractivity contribution in [3.8, 4) is 22.4 Å². The number of benzene rings is 5. The second-order valence-electron chi connectivity index (χ2n) is 10.7. The molecule has 0 amide bonds. The summed E-state index contributed by atoms with van der Waals surface area (Å²) in [5.74, 6) is 0. The van der Waals surface area contributed by atoms with Crippen molar-refractivity contribution < 1.29 is 0 Å². The van der Waals surface area contributed by atoms with Gasteiger partial charge < -0.3 is 9.62 Å². The van der Waals surface area contributed by atoms with E-state index in [0.717, 1.165) is 38.8 Å². The molecule has 0 saturated heterocycles. The van der Waals surface area contributed by atoms with E-state index in [-0.39, 0.29) is 6.98 Å². The van der Waals surface area contributed by atoms with E-state index < -0.39 is 0 Å². The van der Waals surface area contributed by atoms with Gasteiger partial charge in [-0.05, 0) is 53.5 Å². The summed E-state index contributed by atoms with van der Waals surface area (Å²) in [6.45, 7) is 0.00598. The van der Waals surface area contributed by atoms with Crippen LogP contribution in [0.4, 0.5) is 22.7 Å². The van der Waals surface area contributed by atoms with Crippen LogP contribution in [0.5, 0.6) is 0 Å². The van der Waals surface area contributed by atoms with Gasteiger partial charge in [0, 0.05) is 39.5 Å². The van der Waals surface area contributed by atoms with Crippen molar-refractivity contribution in [2.75, 3.05) is 9.62 Å². The van der Waals surface area contributed by atoms with Crippen molar-refractivity contribution in [3.05, 3.63) is 140 Å². The molecule has 5 heteroatoms. The Morgan fingerprint density at radius 3 is 2.10 bits per heavy atom. The van der Waals surface area contributed by atoms with Crippen molar-refractivity contribution in [1.29, 1.82) is 0 Å². The zero-order chi connectivity index (χ0) is 26.9. The highest BCUT2D eigenvalue weighted by Gasteiger charge is 2.47. The third-order valence-electron chi connectivity index (χ3n) is 8.43. The van der Waals surface area contributed by atoms with Crippen molar-refractivity contribution >= 4 is 57.0 Å². The summed E-state index contributed by atoms with van der Waals surface area (Å²) in [7, 11) is 0. The predicted molar refractivity (Wildman–Crippen MR) is 170 cm³/mol. The van der Waals surface area contributed by atoms with Gasteiger partial charge in [-0.15, -0.1) is 0 Å². The topological polar surface area (TPSA) is 32.3 Å². The van der Waals surface area contributed by atoms with Gasteiger partial charge in [-0.25, -0.2) is 4.98 Å². The van der Waals surface area contributed by atoms with Crippen molar-refractivity contribution in [2.45, 2.75) is 0 Å². The van der Waals surface area contributed by atoms with E-state index in [0.29, 0.717) is 0 Å². The molecule has 0 unspecified atom stereocenters. The van der Waals surface area contributed by atoms with Gasteiger partial charge in [0.2, 0.25) is 0 Å². The third-order valence-corrected chi connectivity index (χ3v) is 8.43. The summed E-state index contributed by atoms with van der Waals surface area (Å²) < 4.78 is 0. The van der Waals surface area contributed by atoms with E-state index in [1.165, 1.54) is 33.7 Å². The third kappa shape index (κ3) is 3.23. The summed E-state index contributed by atoms with van der Waals surface area (Å²) in [5.41, 5.74) is 12.5.